The van der Waals surface area contributed by atoms with Crippen molar-refractivity contribution in [2.24, 2.45) is 0 Å². The molecule has 0 aliphatic heterocycles. The lowest BCUT2D eigenvalue weighted by Gasteiger charge is -2.38. The minimum atomic E-state index is -0.0854. The number of ether oxygens (including phenoxy) is 2. The second-order valence-corrected chi connectivity index (χ2v) is 5.67. The number of para-hydroxylation sites is 1. The summed E-state index contributed by atoms with van der Waals surface area (Å²) in [4.78, 5) is 0. The lowest BCUT2D eigenvalue weighted by Crippen LogP contribution is -2.44. The molecule has 118 valence electrons. The molecule has 0 amide bonds. The Morgan fingerprint density at radius 1 is 1.10 bits per heavy atom. The smallest absolute Gasteiger partial charge is 0.124 e. The van der Waals surface area contributed by atoms with Gasteiger partial charge >= 0.3 is 0 Å². The zero-order chi connectivity index (χ0) is 15.1. The van der Waals surface area contributed by atoms with Crippen LogP contribution in [0.5, 0.6) is 5.75 Å². The van der Waals surface area contributed by atoms with Crippen molar-refractivity contribution in [3.8, 4) is 5.75 Å². The summed E-state index contributed by atoms with van der Waals surface area (Å²) in [6.45, 7) is 8.67. The molecule has 2 rings (SSSR count). The van der Waals surface area contributed by atoms with E-state index >= 15 is 0 Å². The summed E-state index contributed by atoms with van der Waals surface area (Å²) in [5, 5.41) is 3.66. The van der Waals surface area contributed by atoms with Gasteiger partial charge in [0, 0.05) is 12.2 Å². The van der Waals surface area contributed by atoms with Crippen molar-refractivity contribution in [2.45, 2.75) is 58.1 Å². The average molecular weight is 291 g/mol. The van der Waals surface area contributed by atoms with Crippen molar-refractivity contribution in [3.63, 3.8) is 0 Å². The molecule has 0 saturated heterocycles. The van der Waals surface area contributed by atoms with E-state index in [1.165, 1.54) is 18.4 Å². The predicted molar refractivity (Wildman–Crippen MR) is 86.9 cm³/mol. The van der Waals surface area contributed by atoms with Crippen molar-refractivity contribution in [3.05, 3.63) is 29.8 Å². The van der Waals surface area contributed by atoms with E-state index in [9.17, 15) is 0 Å². The molecule has 0 radical (unpaired) electrons. The van der Waals surface area contributed by atoms with Gasteiger partial charge in [0.1, 0.15) is 5.75 Å². The molecule has 1 saturated carbocycles. The number of rotatable bonds is 8. The SMILES string of the molecule is CCNC(c1ccccc1OCC)C1(OCC)CCCC1. The first-order valence-corrected chi connectivity index (χ1v) is 8.36. The Labute approximate surface area is 129 Å². The lowest BCUT2D eigenvalue weighted by molar-refractivity contribution is -0.0628. The molecule has 3 heteroatoms. The minimum absolute atomic E-state index is 0.0854. The zero-order valence-corrected chi connectivity index (χ0v) is 13.7. The first kappa shape index (κ1) is 16.3. The molecule has 0 spiro atoms. The number of hydrogen-bond donors (Lipinski definition) is 1. The second kappa shape index (κ2) is 7.81. The van der Waals surface area contributed by atoms with Gasteiger partial charge in [-0.15, -0.1) is 0 Å². The second-order valence-electron chi connectivity index (χ2n) is 5.67. The molecule has 0 bridgehead atoms. The Morgan fingerprint density at radius 3 is 2.43 bits per heavy atom. The largest absolute Gasteiger partial charge is 0.494 e. The standard InChI is InChI=1S/C18H29NO2/c1-4-19-17(18(21-6-3)13-9-10-14-18)15-11-7-8-12-16(15)20-5-2/h7-8,11-12,17,19H,4-6,9-10,13-14H2,1-3H3. The quantitative estimate of drug-likeness (QED) is 0.782. The Kier molecular flexibility index (Phi) is 6.07. The Hall–Kier alpha value is -1.06. The summed E-state index contributed by atoms with van der Waals surface area (Å²) in [5.74, 6) is 0.983. The maximum Gasteiger partial charge on any atom is 0.124 e. The molecular weight excluding hydrogens is 262 g/mol. The third kappa shape index (κ3) is 3.58. The van der Waals surface area contributed by atoms with Gasteiger partial charge in [0.05, 0.1) is 18.2 Å². The predicted octanol–water partition coefficient (Wildman–Crippen LogP) is 4.09. The van der Waals surface area contributed by atoms with Crippen molar-refractivity contribution >= 4 is 0 Å². The van der Waals surface area contributed by atoms with Crippen LogP contribution < -0.4 is 10.1 Å². The van der Waals surface area contributed by atoms with Crippen molar-refractivity contribution < 1.29 is 9.47 Å². The fraction of sp³-hybridized carbons (Fsp3) is 0.667. The third-order valence-corrected chi connectivity index (χ3v) is 4.35. The van der Waals surface area contributed by atoms with Crippen LogP contribution in [0.15, 0.2) is 24.3 Å². The zero-order valence-electron chi connectivity index (χ0n) is 13.7. The molecule has 1 unspecified atom stereocenters. The topological polar surface area (TPSA) is 30.5 Å². The highest BCUT2D eigenvalue weighted by Crippen LogP contribution is 2.45. The van der Waals surface area contributed by atoms with Crippen LogP contribution in [-0.4, -0.2) is 25.4 Å². The highest BCUT2D eigenvalue weighted by atomic mass is 16.5. The van der Waals surface area contributed by atoms with E-state index in [0.29, 0.717) is 6.61 Å². The van der Waals surface area contributed by atoms with Crippen molar-refractivity contribution in [1.29, 1.82) is 0 Å². The first-order chi connectivity index (χ1) is 10.3. The normalized spacial score (nSPS) is 18.6. The summed E-state index contributed by atoms with van der Waals surface area (Å²) in [7, 11) is 0. The van der Waals surface area contributed by atoms with Gasteiger partial charge in [-0.2, -0.15) is 0 Å². The number of likely N-dealkylation sites (N-methyl/N-ethyl adjacent to an activating group) is 1. The summed E-state index contributed by atoms with van der Waals surface area (Å²) in [5.41, 5.74) is 1.15. The third-order valence-electron chi connectivity index (χ3n) is 4.35. The van der Waals surface area contributed by atoms with Crippen LogP contribution in [0, 0.1) is 0 Å². The van der Waals surface area contributed by atoms with Gasteiger partial charge in [-0.3, -0.25) is 0 Å². The molecule has 1 aromatic rings. The molecule has 1 aliphatic carbocycles. The maximum absolute atomic E-state index is 6.27. The summed E-state index contributed by atoms with van der Waals surface area (Å²) in [6.07, 6.45) is 4.75. The van der Waals surface area contributed by atoms with Gasteiger partial charge in [-0.1, -0.05) is 38.0 Å². The summed E-state index contributed by atoms with van der Waals surface area (Å²) in [6, 6.07) is 8.58. The van der Waals surface area contributed by atoms with Gasteiger partial charge in [0.25, 0.3) is 0 Å². The van der Waals surface area contributed by atoms with Crippen LogP contribution in [0.4, 0.5) is 0 Å². The Balaban J connectivity index is 2.37. The van der Waals surface area contributed by atoms with Crippen LogP contribution in [0.1, 0.15) is 58.1 Å². The first-order valence-electron chi connectivity index (χ1n) is 8.36. The highest BCUT2D eigenvalue weighted by Gasteiger charge is 2.43. The van der Waals surface area contributed by atoms with Crippen molar-refractivity contribution in [1.82, 2.24) is 5.32 Å². The van der Waals surface area contributed by atoms with Crippen molar-refractivity contribution in [2.75, 3.05) is 19.8 Å². The summed E-state index contributed by atoms with van der Waals surface area (Å²) >= 11 is 0. The van der Waals surface area contributed by atoms with Crippen LogP contribution >= 0.6 is 0 Å². The lowest BCUT2D eigenvalue weighted by atomic mass is 9.86. The van der Waals surface area contributed by atoms with Crippen LogP contribution in [0.3, 0.4) is 0 Å². The molecule has 1 aromatic carbocycles. The number of benzene rings is 1. The van der Waals surface area contributed by atoms with Gasteiger partial charge in [-0.25, -0.2) is 0 Å². The summed E-state index contributed by atoms with van der Waals surface area (Å²) < 4.78 is 12.1. The highest BCUT2D eigenvalue weighted by molar-refractivity contribution is 5.38. The van der Waals surface area contributed by atoms with E-state index in [4.69, 9.17) is 9.47 Å². The average Bonchev–Trinajstić information content (AvgIpc) is 2.96. The van der Waals surface area contributed by atoms with Gasteiger partial charge in [-0.05, 0) is 39.3 Å². The van der Waals surface area contributed by atoms with Gasteiger partial charge < -0.3 is 14.8 Å². The molecule has 1 atom stereocenters. The molecule has 1 aliphatic rings. The van der Waals surface area contributed by atoms with E-state index < -0.39 is 0 Å². The van der Waals surface area contributed by atoms with Gasteiger partial charge in [0.15, 0.2) is 0 Å². The van der Waals surface area contributed by atoms with E-state index in [1.807, 2.05) is 13.0 Å². The molecule has 0 aromatic heterocycles. The van der Waals surface area contributed by atoms with E-state index in [2.05, 4.69) is 37.4 Å². The molecule has 3 nitrogen and oxygen atoms in total. The molecule has 1 N–H and O–H groups in total. The molecule has 0 heterocycles. The molecular formula is C18H29NO2. The monoisotopic (exact) mass is 291 g/mol. The Bertz CT molecular complexity index is 427. The molecule has 21 heavy (non-hydrogen) atoms. The number of hydrogen-bond acceptors (Lipinski definition) is 3. The maximum atomic E-state index is 6.27. The van der Waals surface area contributed by atoms with Crippen LogP contribution in [-0.2, 0) is 4.74 Å². The van der Waals surface area contributed by atoms with Crippen LogP contribution in [0.2, 0.25) is 0 Å². The fourth-order valence-electron chi connectivity index (χ4n) is 3.57. The molecule has 1 fully saturated rings. The van der Waals surface area contributed by atoms with E-state index in [-0.39, 0.29) is 11.6 Å². The van der Waals surface area contributed by atoms with Gasteiger partial charge in [0.2, 0.25) is 0 Å². The fourth-order valence-corrected chi connectivity index (χ4v) is 3.57. The van der Waals surface area contributed by atoms with E-state index in [1.54, 1.807) is 0 Å². The van der Waals surface area contributed by atoms with E-state index in [0.717, 1.165) is 31.7 Å². The van der Waals surface area contributed by atoms with Crippen LogP contribution in [0.25, 0.3) is 0 Å². The minimum Gasteiger partial charge on any atom is -0.494 e. The Morgan fingerprint density at radius 2 is 1.81 bits per heavy atom. The number of nitrogens with one attached hydrogen (secondary N) is 1.